The van der Waals surface area contributed by atoms with Crippen molar-refractivity contribution in [1.82, 2.24) is 4.98 Å². The monoisotopic (exact) mass is 284 g/mol. The summed E-state index contributed by atoms with van der Waals surface area (Å²) in [5.41, 5.74) is 2.62. The number of aliphatic hydroxyl groups is 2. The standard InChI is InChI=1S/C9H8ClF3N2O3/c10-5-1-3(6(16)7(17)8(14)18)4(2-15-5)9(11,12)13/h1-2,6-7,16-17H,(H2,14,18). The molecular weight excluding hydrogens is 277 g/mol. The van der Waals surface area contributed by atoms with Gasteiger partial charge in [-0.2, -0.15) is 13.2 Å². The second kappa shape index (κ2) is 5.09. The van der Waals surface area contributed by atoms with Gasteiger partial charge in [-0.3, -0.25) is 4.79 Å². The first kappa shape index (κ1) is 14.7. The minimum atomic E-state index is -4.81. The summed E-state index contributed by atoms with van der Waals surface area (Å²) in [5, 5.41) is 18.3. The Morgan fingerprint density at radius 1 is 1.44 bits per heavy atom. The third-order valence-corrected chi connectivity index (χ3v) is 2.32. The Labute approximate surface area is 104 Å². The van der Waals surface area contributed by atoms with E-state index in [2.05, 4.69) is 4.98 Å². The molecule has 0 radical (unpaired) electrons. The summed E-state index contributed by atoms with van der Waals surface area (Å²) in [5.74, 6) is -1.36. The van der Waals surface area contributed by atoms with Gasteiger partial charge in [-0.15, -0.1) is 0 Å². The number of nitrogens with zero attached hydrogens (tertiary/aromatic N) is 1. The van der Waals surface area contributed by atoms with E-state index < -0.39 is 35.4 Å². The van der Waals surface area contributed by atoms with Crippen LogP contribution in [0, 0.1) is 0 Å². The molecule has 1 amide bonds. The number of aliphatic hydroxyl groups excluding tert-OH is 2. The van der Waals surface area contributed by atoms with Gasteiger partial charge in [0, 0.05) is 11.8 Å². The number of amides is 1. The first-order chi connectivity index (χ1) is 8.14. The maximum absolute atomic E-state index is 12.6. The number of carbonyl (C=O) groups is 1. The quantitative estimate of drug-likeness (QED) is 0.709. The normalized spacial score (nSPS) is 15.2. The zero-order valence-electron chi connectivity index (χ0n) is 8.65. The van der Waals surface area contributed by atoms with E-state index in [1.807, 2.05) is 0 Å². The Morgan fingerprint density at radius 3 is 2.44 bits per heavy atom. The summed E-state index contributed by atoms with van der Waals surface area (Å²) in [6, 6.07) is 0.710. The first-order valence-electron chi connectivity index (χ1n) is 4.52. The Hall–Kier alpha value is -1.38. The van der Waals surface area contributed by atoms with E-state index in [1.165, 1.54) is 0 Å². The van der Waals surface area contributed by atoms with Crippen molar-refractivity contribution < 1.29 is 28.2 Å². The molecule has 0 spiro atoms. The number of pyridine rings is 1. The summed E-state index contributed by atoms with van der Waals surface area (Å²) in [6.45, 7) is 0. The Morgan fingerprint density at radius 2 is 2.00 bits per heavy atom. The largest absolute Gasteiger partial charge is 0.418 e. The van der Waals surface area contributed by atoms with Gasteiger partial charge in [0.2, 0.25) is 5.91 Å². The number of hydrogen-bond donors (Lipinski definition) is 3. The van der Waals surface area contributed by atoms with E-state index in [1.54, 1.807) is 0 Å². The molecule has 18 heavy (non-hydrogen) atoms. The number of hydrogen-bond acceptors (Lipinski definition) is 4. The van der Waals surface area contributed by atoms with Crippen LogP contribution in [0.1, 0.15) is 17.2 Å². The van der Waals surface area contributed by atoms with Crippen molar-refractivity contribution >= 4 is 17.5 Å². The SMILES string of the molecule is NC(=O)C(O)C(O)c1cc(Cl)ncc1C(F)(F)F. The van der Waals surface area contributed by atoms with Crippen LogP contribution in [-0.2, 0) is 11.0 Å². The van der Waals surface area contributed by atoms with E-state index >= 15 is 0 Å². The molecule has 5 nitrogen and oxygen atoms in total. The molecule has 0 saturated carbocycles. The van der Waals surface area contributed by atoms with Crippen LogP contribution < -0.4 is 5.73 Å². The van der Waals surface area contributed by atoms with Crippen LogP contribution >= 0.6 is 11.6 Å². The minimum Gasteiger partial charge on any atom is -0.385 e. The molecule has 0 aliphatic heterocycles. The van der Waals surface area contributed by atoms with E-state index in [-0.39, 0.29) is 5.15 Å². The van der Waals surface area contributed by atoms with Gasteiger partial charge in [0.15, 0.2) is 6.10 Å². The van der Waals surface area contributed by atoms with E-state index in [9.17, 15) is 28.2 Å². The maximum Gasteiger partial charge on any atom is 0.418 e. The number of rotatable bonds is 3. The van der Waals surface area contributed by atoms with Crippen LogP contribution in [0.15, 0.2) is 12.3 Å². The lowest BCUT2D eigenvalue weighted by Crippen LogP contribution is -2.34. The first-order valence-corrected chi connectivity index (χ1v) is 4.90. The fourth-order valence-corrected chi connectivity index (χ4v) is 1.42. The lowest BCUT2D eigenvalue weighted by molar-refractivity contribution is -0.142. The van der Waals surface area contributed by atoms with Crippen molar-refractivity contribution in [3.05, 3.63) is 28.5 Å². The second-order valence-corrected chi connectivity index (χ2v) is 3.77. The Kier molecular flexibility index (Phi) is 4.15. The number of alkyl halides is 3. The van der Waals surface area contributed by atoms with Crippen molar-refractivity contribution in [3.8, 4) is 0 Å². The molecule has 0 fully saturated rings. The van der Waals surface area contributed by atoms with E-state index in [0.717, 1.165) is 0 Å². The summed E-state index contributed by atoms with van der Waals surface area (Å²) in [6.07, 6.45) is -8.73. The number of carbonyl (C=O) groups excluding carboxylic acids is 1. The van der Waals surface area contributed by atoms with Gasteiger partial charge in [0.1, 0.15) is 11.3 Å². The van der Waals surface area contributed by atoms with Crippen LogP contribution in [0.25, 0.3) is 0 Å². The molecule has 2 unspecified atom stereocenters. The molecule has 0 aliphatic rings. The second-order valence-electron chi connectivity index (χ2n) is 3.38. The highest BCUT2D eigenvalue weighted by atomic mass is 35.5. The molecule has 4 N–H and O–H groups in total. The van der Waals surface area contributed by atoms with E-state index in [4.69, 9.17) is 17.3 Å². The molecule has 1 aromatic heterocycles. The molecule has 0 saturated heterocycles. The highest BCUT2D eigenvalue weighted by molar-refractivity contribution is 6.29. The van der Waals surface area contributed by atoms with Crippen molar-refractivity contribution in [2.24, 2.45) is 5.73 Å². The predicted octanol–water partition coefficient (Wildman–Crippen LogP) is 0.633. The highest BCUT2D eigenvalue weighted by Crippen LogP contribution is 2.35. The van der Waals surface area contributed by atoms with Crippen LogP contribution in [0.2, 0.25) is 5.15 Å². The average molecular weight is 285 g/mol. The van der Waals surface area contributed by atoms with Crippen LogP contribution in [-0.4, -0.2) is 27.2 Å². The van der Waals surface area contributed by atoms with Gasteiger partial charge in [-0.05, 0) is 6.07 Å². The number of primary amides is 1. The topological polar surface area (TPSA) is 96.4 Å². The van der Waals surface area contributed by atoms with Crippen molar-refractivity contribution in [3.63, 3.8) is 0 Å². The van der Waals surface area contributed by atoms with Gasteiger partial charge in [0.25, 0.3) is 0 Å². The lowest BCUT2D eigenvalue weighted by atomic mass is 10.00. The van der Waals surface area contributed by atoms with Crippen LogP contribution in [0.3, 0.4) is 0 Å². The molecule has 9 heteroatoms. The average Bonchev–Trinajstić information content (AvgIpc) is 2.25. The van der Waals surface area contributed by atoms with E-state index in [0.29, 0.717) is 12.3 Å². The van der Waals surface area contributed by atoms with Crippen molar-refractivity contribution in [2.45, 2.75) is 18.4 Å². The highest BCUT2D eigenvalue weighted by Gasteiger charge is 2.38. The molecule has 2 atom stereocenters. The minimum absolute atomic E-state index is 0.325. The van der Waals surface area contributed by atoms with Crippen LogP contribution in [0.5, 0.6) is 0 Å². The summed E-state index contributed by atoms with van der Waals surface area (Å²) >= 11 is 5.41. The van der Waals surface area contributed by atoms with Gasteiger partial charge in [-0.1, -0.05) is 11.6 Å². The van der Waals surface area contributed by atoms with Crippen molar-refractivity contribution in [1.29, 1.82) is 0 Å². The van der Waals surface area contributed by atoms with Crippen LogP contribution in [0.4, 0.5) is 13.2 Å². The maximum atomic E-state index is 12.6. The van der Waals surface area contributed by atoms with Gasteiger partial charge in [-0.25, -0.2) is 4.98 Å². The third-order valence-electron chi connectivity index (χ3n) is 2.12. The van der Waals surface area contributed by atoms with Crippen molar-refractivity contribution in [2.75, 3.05) is 0 Å². The molecule has 100 valence electrons. The summed E-state index contributed by atoms with van der Waals surface area (Å²) in [7, 11) is 0. The Bertz CT molecular complexity index is 467. The molecule has 0 aliphatic carbocycles. The number of nitrogens with two attached hydrogens (primary N) is 1. The van der Waals surface area contributed by atoms with Gasteiger partial charge < -0.3 is 15.9 Å². The molecule has 0 aromatic carbocycles. The fraction of sp³-hybridized carbons (Fsp3) is 0.333. The molecule has 1 heterocycles. The third kappa shape index (κ3) is 3.09. The molecule has 1 rings (SSSR count). The number of halogens is 4. The van der Waals surface area contributed by atoms with Gasteiger partial charge >= 0.3 is 6.18 Å². The smallest absolute Gasteiger partial charge is 0.385 e. The van der Waals surface area contributed by atoms with Gasteiger partial charge in [0.05, 0.1) is 5.56 Å². The molecule has 1 aromatic rings. The Balaban J connectivity index is 3.29. The summed E-state index contributed by atoms with van der Waals surface area (Å²) in [4.78, 5) is 13.9. The zero-order chi connectivity index (χ0) is 14.1. The fourth-order valence-electron chi connectivity index (χ4n) is 1.25. The number of aromatic nitrogens is 1. The molecular formula is C9H8ClF3N2O3. The predicted molar refractivity (Wildman–Crippen MR) is 54.4 cm³/mol. The molecule has 0 bridgehead atoms. The summed E-state index contributed by atoms with van der Waals surface area (Å²) < 4.78 is 37.8. The zero-order valence-corrected chi connectivity index (χ0v) is 9.40. The lowest BCUT2D eigenvalue weighted by Gasteiger charge is -2.19.